The zero-order chi connectivity index (χ0) is 38.9. The van der Waals surface area contributed by atoms with E-state index in [9.17, 15) is 19.8 Å². The Balaban J connectivity index is 0.000000221. The lowest BCUT2D eigenvalue weighted by atomic mass is 9.69. The zero-order valence-corrected chi connectivity index (χ0v) is 34.4. The highest BCUT2D eigenvalue weighted by atomic mass is 79.9. The van der Waals surface area contributed by atoms with Crippen LogP contribution in [0.4, 0.5) is 0 Å². The standard InChI is InChI=1S/C16H24N2O3.C15H25BO4.C7H11BrN2O/c1-4-21-15(19)13-7-5-6-12(8-13)14-9-17-18(10-14)11-16(2,3)20;1-6-18-13(17)11-8-7-9-12(10-11)16-19-14(2,3)15(4,5)20-16;1-7(2,11)5-10-4-6(8)3-9-10/h6,9-10,13,20H,4-5,7-8,11H2,1-3H3;9,11H,6-8,10H2,1-5H3;3-4,11H,5H2,1-2H3. The molecule has 3 heterocycles. The number of carbonyl (C=O) groups excluding carboxylic acids is 2. The smallest absolute Gasteiger partial charge is 0.466 e. The first-order valence-electron chi connectivity index (χ1n) is 18.4. The van der Waals surface area contributed by atoms with E-state index >= 15 is 0 Å². The van der Waals surface area contributed by atoms with Crippen molar-refractivity contribution in [3.63, 3.8) is 0 Å². The van der Waals surface area contributed by atoms with E-state index in [1.54, 1.807) is 49.5 Å². The van der Waals surface area contributed by atoms with Gasteiger partial charge in [-0.25, -0.2) is 0 Å². The molecule has 0 radical (unpaired) electrons. The fourth-order valence-corrected chi connectivity index (χ4v) is 6.36. The highest BCUT2D eigenvalue weighted by molar-refractivity contribution is 9.10. The third-order valence-electron chi connectivity index (χ3n) is 9.28. The molecule has 290 valence electrons. The average molecular weight is 792 g/mol. The summed E-state index contributed by atoms with van der Waals surface area (Å²) in [6.45, 7) is 20.7. The summed E-state index contributed by atoms with van der Waals surface area (Å²) in [5, 5.41) is 27.5. The topological polar surface area (TPSA) is 147 Å². The molecule has 1 saturated heterocycles. The Hall–Kier alpha value is -2.78. The summed E-state index contributed by atoms with van der Waals surface area (Å²) in [7, 11) is -0.336. The molecule has 1 aliphatic heterocycles. The van der Waals surface area contributed by atoms with Crippen molar-refractivity contribution < 1.29 is 38.6 Å². The van der Waals surface area contributed by atoms with Crippen molar-refractivity contribution in [3.05, 3.63) is 52.4 Å². The molecule has 2 unspecified atom stereocenters. The molecule has 0 amide bonds. The van der Waals surface area contributed by atoms with Gasteiger partial charge in [0, 0.05) is 18.0 Å². The Morgan fingerprint density at radius 3 is 1.81 bits per heavy atom. The van der Waals surface area contributed by atoms with Crippen LogP contribution in [-0.2, 0) is 41.5 Å². The largest absolute Gasteiger partial charge is 0.490 e. The first-order valence-corrected chi connectivity index (χ1v) is 19.1. The van der Waals surface area contributed by atoms with Crippen LogP contribution in [0.2, 0.25) is 0 Å². The maximum absolute atomic E-state index is 11.9. The Labute approximate surface area is 318 Å². The molecule has 2 atom stereocenters. The Morgan fingerprint density at radius 1 is 0.846 bits per heavy atom. The second-order valence-electron chi connectivity index (χ2n) is 16.0. The number of aliphatic hydroxyl groups is 2. The van der Waals surface area contributed by atoms with Crippen LogP contribution in [0, 0.1) is 11.8 Å². The summed E-state index contributed by atoms with van der Waals surface area (Å²) in [6, 6.07) is 0. The van der Waals surface area contributed by atoms with Gasteiger partial charge in [-0.2, -0.15) is 10.2 Å². The van der Waals surface area contributed by atoms with E-state index in [0.717, 1.165) is 46.8 Å². The molecule has 2 N–H and O–H groups in total. The Kier molecular flexibility index (Phi) is 15.5. The average Bonchev–Trinajstić information content (AvgIpc) is 3.73. The van der Waals surface area contributed by atoms with E-state index < -0.39 is 11.2 Å². The minimum Gasteiger partial charge on any atom is -0.466 e. The van der Waals surface area contributed by atoms with Gasteiger partial charge < -0.3 is 29.0 Å². The quantitative estimate of drug-likeness (QED) is 0.196. The molecule has 2 aliphatic carbocycles. The molecular formula is C38H60BBrN4O8. The molecule has 0 aromatic carbocycles. The number of rotatable bonds is 10. The van der Waals surface area contributed by atoms with Crippen LogP contribution < -0.4 is 0 Å². The van der Waals surface area contributed by atoms with Gasteiger partial charge in [0.05, 0.1) is 77.4 Å². The van der Waals surface area contributed by atoms with Gasteiger partial charge in [0.1, 0.15) is 0 Å². The first kappa shape index (κ1) is 43.6. The summed E-state index contributed by atoms with van der Waals surface area (Å²) >= 11 is 3.27. The maximum atomic E-state index is 11.9. The number of nitrogens with zero attached hydrogens (tertiary/aromatic N) is 4. The molecule has 2 aromatic rings. The zero-order valence-electron chi connectivity index (χ0n) is 32.8. The fraction of sp³-hybridized carbons (Fsp3) is 0.684. The van der Waals surface area contributed by atoms with Crippen LogP contribution in [0.25, 0.3) is 5.57 Å². The van der Waals surface area contributed by atoms with Crippen molar-refractivity contribution in [3.8, 4) is 0 Å². The van der Waals surface area contributed by atoms with Crippen molar-refractivity contribution >= 4 is 40.6 Å². The highest BCUT2D eigenvalue weighted by Crippen LogP contribution is 2.41. The van der Waals surface area contributed by atoms with Crippen LogP contribution in [0.3, 0.4) is 0 Å². The van der Waals surface area contributed by atoms with Crippen molar-refractivity contribution in [1.29, 1.82) is 0 Å². The molecule has 52 heavy (non-hydrogen) atoms. The van der Waals surface area contributed by atoms with Crippen LogP contribution >= 0.6 is 15.9 Å². The van der Waals surface area contributed by atoms with E-state index in [4.69, 9.17) is 18.8 Å². The fourth-order valence-electron chi connectivity index (χ4n) is 6.03. The summed E-state index contributed by atoms with van der Waals surface area (Å²) in [5.41, 5.74) is 1.07. The summed E-state index contributed by atoms with van der Waals surface area (Å²) < 4.78 is 26.7. The predicted molar refractivity (Wildman–Crippen MR) is 205 cm³/mol. The molecule has 2 aromatic heterocycles. The normalized spacial score (nSPS) is 21.1. The molecule has 0 bridgehead atoms. The van der Waals surface area contributed by atoms with Crippen LogP contribution in [0.1, 0.15) is 113 Å². The third-order valence-corrected chi connectivity index (χ3v) is 9.68. The SMILES string of the molecule is CC(C)(O)Cn1cc(Br)cn1.CCOC(=O)C1CCC=C(B2OC(C)(C)C(C)(C)O2)C1.CCOC(=O)C1CCC=C(c2cnn(CC(C)(C)O)c2)C1. The van der Waals surface area contributed by atoms with Gasteiger partial charge in [0.15, 0.2) is 0 Å². The van der Waals surface area contributed by atoms with Gasteiger partial charge in [-0.05, 0) is 135 Å². The lowest BCUT2D eigenvalue weighted by molar-refractivity contribution is -0.149. The minimum atomic E-state index is -0.794. The number of halogens is 1. The second kappa shape index (κ2) is 18.5. The van der Waals surface area contributed by atoms with E-state index in [1.165, 1.54) is 0 Å². The van der Waals surface area contributed by atoms with Gasteiger partial charge in [0.2, 0.25) is 0 Å². The molecule has 1 fully saturated rings. The minimum absolute atomic E-state index is 0.0532. The molecule has 3 aliphatic rings. The third kappa shape index (κ3) is 13.6. The number of ether oxygens (including phenoxy) is 2. The number of aromatic nitrogens is 4. The van der Waals surface area contributed by atoms with E-state index in [-0.39, 0.29) is 42.1 Å². The number of hydrogen-bond acceptors (Lipinski definition) is 10. The van der Waals surface area contributed by atoms with Gasteiger partial charge >= 0.3 is 19.1 Å². The summed E-state index contributed by atoms with van der Waals surface area (Å²) in [4.78, 5) is 23.7. The van der Waals surface area contributed by atoms with E-state index in [2.05, 4.69) is 38.3 Å². The van der Waals surface area contributed by atoms with E-state index in [1.807, 2.05) is 53.9 Å². The summed E-state index contributed by atoms with van der Waals surface area (Å²) in [5.74, 6) is -0.321. The van der Waals surface area contributed by atoms with Gasteiger partial charge in [-0.1, -0.05) is 12.2 Å². The number of esters is 2. The monoisotopic (exact) mass is 790 g/mol. The van der Waals surface area contributed by atoms with Crippen molar-refractivity contribution in [2.24, 2.45) is 11.8 Å². The molecule has 14 heteroatoms. The summed E-state index contributed by atoms with van der Waals surface area (Å²) in [6.07, 6.45) is 16.4. The van der Waals surface area contributed by atoms with Crippen molar-refractivity contribution in [2.75, 3.05) is 13.2 Å². The number of carbonyl (C=O) groups is 2. The molecule has 0 saturated carbocycles. The lowest BCUT2D eigenvalue weighted by Gasteiger charge is -2.32. The number of allylic oxidation sites excluding steroid dienone is 4. The lowest BCUT2D eigenvalue weighted by Crippen LogP contribution is -2.41. The molecule has 5 rings (SSSR count). The Bertz CT molecular complexity index is 1520. The molecule has 0 spiro atoms. The highest BCUT2D eigenvalue weighted by Gasteiger charge is 2.52. The Morgan fingerprint density at radius 2 is 1.33 bits per heavy atom. The van der Waals surface area contributed by atoms with Gasteiger partial charge in [-0.15, -0.1) is 0 Å². The van der Waals surface area contributed by atoms with Gasteiger partial charge in [-0.3, -0.25) is 19.0 Å². The predicted octanol–water partition coefficient (Wildman–Crippen LogP) is 6.72. The maximum Gasteiger partial charge on any atom is 0.490 e. The van der Waals surface area contributed by atoms with Crippen LogP contribution in [0.5, 0.6) is 0 Å². The van der Waals surface area contributed by atoms with Crippen molar-refractivity contribution in [1.82, 2.24) is 19.6 Å². The second-order valence-corrected chi connectivity index (χ2v) is 16.9. The molecular weight excluding hydrogens is 731 g/mol. The van der Waals surface area contributed by atoms with Crippen molar-refractivity contribution in [2.45, 2.75) is 143 Å². The van der Waals surface area contributed by atoms with E-state index in [0.29, 0.717) is 39.1 Å². The van der Waals surface area contributed by atoms with Gasteiger partial charge in [0.25, 0.3) is 0 Å². The first-order chi connectivity index (χ1) is 24.1. The van der Waals surface area contributed by atoms with Crippen LogP contribution in [-0.4, -0.2) is 84.4 Å². The number of hydrogen-bond donors (Lipinski definition) is 2. The van der Waals surface area contributed by atoms with Crippen LogP contribution in [0.15, 0.2) is 46.9 Å². The molecule has 12 nitrogen and oxygen atoms in total.